The molecule has 2 aromatic carbocycles. The maximum Gasteiger partial charge on any atom is 0.344 e. The van der Waals surface area contributed by atoms with Gasteiger partial charge in [0, 0.05) is 17.0 Å². The fourth-order valence-corrected chi connectivity index (χ4v) is 4.15. The van der Waals surface area contributed by atoms with Crippen LogP contribution in [0.2, 0.25) is 5.02 Å². The summed E-state index contributed by atoms with van der Waals surface area (Å²) < 4.78 is 10.8. The minimum Gasteiger partial charge on any atom is -0.507 e. The van der Waals surface area contributed by atoms with Crippen LogP contribution >= 0.6 is 11.6 Å². The number of halogens is 1. The summed E-state index contributed by atoms with van der Waals surface area (Å²) in [5.41, 5.74) is 1.65. The van der Waals surface area contributed by atoms with Crippen molar-refractivity contribution in [2.24, 2.45) is 5.92 Å². The number of hydrogen-bond donors (Lipinski definition) is 1. The lowest BCUT2D eigenvalue weighted by atomic mass is 9.96. The molecule has 0 atom stereocenters. The van der Waals surface area contributed by atoms with E-state index in [0.717, 1.165) is 10.9 Å². The lowest BCUT2D eigenvalue weighted by molar-refractivity contribution is -0.149. The third-order valence-electron chi connectivity index (χ3n) is 5.73. The number of likely N-dealkylation sites (tertiary alicyclic amines) is 1. The zero-order valence-corrected chi connectivity index (χ0v) is 18.0. The number of carbonyl (C=O) groups excluding carboxylic acids is 1. The molecule has 1 N–H and O–H groups in total. The van der Waals surface area contributed by atoms with E-state index >= 15 is 0 Å². The van der Waals surface area contributed by atoms with Gasteiger partial charge >= 0.3 is 11.6 Å². The first-order valence-corrected chi connectivity index (χ1v) is 10.8. The molecular weight excluding hydrogens is 418 g/mol. The Morgan fingerprint density at radius 1 is 1.19 bits per heavy atom. The van der Waals surface area contributed by atoms with E-state index in [1.807, 2.05) is 6.92 Å². The maximum atomic E-state index is 12.7. The number of benzene rings is 2. The Hall–Kier alpha value is -2.83. The van der Waals surface area contributed by atoms with Crippen LogP contribution < -0.4 is 5.63 Å². The SMILES string of the molecule is CCOC(=O)C1CCN(Cc2c(O)ccc3cc(-c4ccc(Cl)cc4)c(=O)oc23)CC1. The number of nitrogens with zero attached hydrogens (tertiary/aromatic N) is 1. The van der Waals surface area contributed by atoms with Crippen LogP contribution in [0, 0.1) is 5.92 Å². The first kappa shape index (κ1) is 21.4. The number of esters is 1. The van der Waals surface area contributed by atoms with E-state index in [0.29, 0.717) is 60.8 Å². The number of piperidine rings is 1. The number of rotatable bonds is 5. The first-order chi connectivity index (χ1) is 15.0. The molecule has 1 fully saturated rings. The fraction of sp³-hybridized carbons (Fsp3) is 0.333. The molecule has 6 nitrogen and oxygen atoms in total. The summed E-state index contributed by atoms with van der Waals surface area (Å²) in [5.74, 6) is -0.143. The number of phenols is 1. The highest BCUT2D eigenvalue weighted by Crippen LogP contribution is 2.31. The predicted octanol–water partition coefficient (Wildman–Crippen LogP) is 4.59. The Kier molecular flexibility index (Phi) is 6.30. The van der Waals surface area contributed by atoms with Crippen LogP contribution in [-0.2, 0) is 16.1 Å². The Morgan fingerprint density at radius 3 is 2.58 bits per heavy atom. The van der Waals surface area contributed by atoms with Crippen LogP contribution in [0.25, 0.3) is 22.1 Å². The highest BCUT2D eigenvalue weighted by molar-refractivity contribution is 6.30. The molecule has 162 valence electrons. The summed E-state index contributed by atoms with van der Waals surface area (Å²) in [7, 11) is 0. The monoisotopic (exact) mass is 441 g/mol. The van der Waals surface area contributed by atoms with E-state index < -0.39 is 5.63 Å². The standard InChI is InChI=1S/C24H24ClNO5/c1-2-30-23(28)16-9-11-26(12-10-16)14-20-21(27)8-5-17-13-19(24(29)31-22(17)20)15-3-6-18(25)7-4-15/h3-8,13,16,27H,2,9-12,14H2,1H3. The zero-order valence-electron chi connectivity index (χ0n) is 17.3. The average molecular weight is 442 g/mol. The molecule has 0 bridgehead atoms. The van der Waals surface area contributed by atoms with Gasteiger partial charge in [-0.05, 0) is 68.8 Å². The van der Waals surface area contributed by atoms with Gasteiger partial charge in [-0.25, -0.2) is 4.79 Å². The van der Waals surface area contributed by atoms with Crippen molar-refractivity contribution in [1.82, 2.24) is 4.90 Å². The van der Waals surface area contributed by atoms with Gasteiger partial charge in [-0.15, -0.1) is 0 Å². The van der Waals surface area contributed by atoms with Crippen LogP contribution in [-0.4, -0.2) is 35.7 Å². The Morgan fingerprint density at radius 2 is 1.90 bits per heavy atom. The second kappa shape index (κ2) is 9.12. The van der Waals surface area contributed by atoms with Crippen molar-refractivity contribution in [3.8, 4) is 16.9 Å². The van der Waals surface area contributed by atoms with Gasteiger partial charge in [-0.2, -0.15) is 0 Å². The number of ether oxygens (including phenoxy) is 1. The van der Waals surface area contributed by atoms with Crippen molar-refractivity contribution in [1.29, 1.82) is 0 Å². The molecule has 0 spiro atoms. The number of phenolic OH excluding ortho intramolecular Hbond substituents is 1. The number of hydrogen-bond acceptors (Lipinski definition) is 6. The number of carbonyl (C=O) groups is 1. The van der Waals surface area contributed by atoms with Crippen molar-refractivity contribution >= 4 is 28.5 Å². The van der Waals surface area contributed by atoms with Crippen LogP contribution in [0.4, 0.5) is 0 Å². The van der Waals surface area contributed by atoms with Crippen molar-refractivity contribution in [3.05, 3.63) is 63.5 Å². The minimum atomic E-state index is -0.470. The van der Waals surface area contributed by atoms with Gasteiger partial charge in [0.1, 0.15) is 11.3 Å². The molecule has 31 heavy (non-hydrogen) atoms. The highest BCUT2D eigenvalue weighted by atomic mass is 35.5. The molecule has 7 heteroatoms. The summed E-state index contributed by atoms with van der Waals surface area (Å²) in [4.78, 5) is 26.8. The van der Waals surface area contributed by atoms with Crippen molar-refractivity contribution in [2.75, 3.05) is 19.7 Å². The molecule has 0 amide bonds. The van der Waals surface area contributed by atoms with Gasteiger partial charge in [-0.3, -0.25) is 9.69 Å². The van der Waals surface area contributed by atoms with Gasteiger partial charge < -0.3 is 14.3 Å². The molecule has 1 aliphatic heterocycles. The van der Waals surface area contributed by atoms with Gasteiger partial charge in [0.05, 0.1) is 23.7 Å². The van der Waals surface area contributed by atoms with E-state index in [-0.39, 0.29) is 17.6 Å². The quantitative estimate of drug-likeness (QED) is 0.460. The van der Waals surface area contributed by atoms with Gasteiger partial charge in [0.2, 0.25) is 0 Å². The fourth-order valence-electron chi connectivity index (χ4n) is 4.03. The summed E-state index contributed by atoms with van der Waals surface area (Å²) >= 11 is 5.95. The molecule has 0 aliphatic carbocycles. The summed E-state index contributed by atoms with van der Waals surface area (Å²) in [5, 5.41) is 11.8. The van der Waals surface area contributed by atoms with E-state index in [1.165, 1.54) is 0 Å². The molecule has 0 saturated carbocycles. The van der Waals surface area contributed by atoms with Crippen LogP contribution in [0.1, 0.15) is 25.3 Å². The first-order valence-electron chi connectivity index (χ1n) is 10.4. The summed E-state index contributed by atoms with van der Waals surface area (Å²) in [6.45, 7) is 4.03. The van der Waals surface area contributed by atoms with E-state index in [2.05, 4.69) is 4.90 Å². The normalized spacial score (nSPS) is 15.3. The zero-order chi connectivity index (χ0) is 22.0. The molecule has 1 aromatic heterocycles. The molecule has 3 aromatic rings. The largest absolute Gasteiger partial charge is 0.507 e. The van der Waals surface area contributed by atoms with Gasteiger partial charge in [0.15, 0.2) is 0 Å². The van der Waals surface area contributed by atoms with E-state index in [4.69, 9.17) is 20.8 Å². The van der Waals surface area contributed by atoms with E-state index in [9.17, 15) is 14.7 Å². The predicted molar refractivity (Wildman–Crippen MR) is 119 cm³/mol. The Balaban J connectivity index is 1.59. The van der Waals surface area contributed by atoms with Crippen LogP contribution in [0.15, 0.2) is 51.7 Å². The summed E-state index contributed by atoms with van der Waals surface area (Å²) in [6.07, 6.45) is 1.41. The molecule has 0 radical (unpaired) electrons. The highest BCUT2D eigenvalue weighted by Gasteiger charge is 2.27. The average Bonchev–Trinajstić information content (AvgIpc) is 2.77. The number of fused-ring (bicyclic) bond motifs is 1. The van der Waals surface area contributed by atoms with E-state index in [1.54, 1.807) is 42.5 Å². The Labute approximate surface area is 185 Å². The van der Waals surface area contributed by atoms with Gasteiger partial charge in [0.25, 0.3) is 0 Å². The van der Waals surface area contributed by atoms with Crippen molar-refractivity contribution in [2.45, 2.75) is 26.3 Å². The minimum absolute atomic E-state index is 0.0856. The van der Waals surface area contributed by atoms with Crippen LogP contribution in [0.5, 0.6) is 5.75 Å². The molecule has 0 unspecified atom stereocenters. The molecule has 1 saturated heterocycles. The smallest absolute Gasteiger partial charge is 0.344 e. The molecule has 4 rings (SSSR count). The second-order valence-electron chi connectivity index (χ2n) is 7.74. The topological polar surface area (TPSA) is 80.0 Å². The Bertz CT molecular complexity index is 1150. The molecule has 2 heterocycles. The third-order valence-corrected chi connectivity index (χ3v) is 5.98. The third kappa shape index (κ3) is 4.60. The molecule has 1 aliphatic rings. The van der Waals surface area contributed by atoms with Crippen LogP contribution in [0.3, 0.4) is 0 Å². The number of aromatic hydroxyl groups is 1. The van der Waals surface area contributed by atoms with Gasteiger partial charge in [-0.1, -0.05) is 23.7 Å². The lowest BCUT2D eigenvalue weighted by Crippen LogP contribution is -2.36. The molecular formula is C24H24ClNO5. The maximum absolute atomic E-state index is 12.7. The van der Waals surface area contributed by atoms with Crippen molar-refractivity contribution < 1.29 is 19.1 Å². The summed E-state index contributed by atoms with van der Waals surface area (Å²) in [6, 6.07) is 12.1. The lowest BCUT2D eigenvalue weighted by Gasteiger charge is -2.31. The van der Waals surface area contributed by atoms with Crippen molar-refractivity contribution in [3.63, 3.8) is 0 Å². The second-order valence-corrected chi connectivity index (χ2v) is 8.17.